The number of carboxylic acids is 1. The predicted octanol–water partition coefficient (Wildman–Crippen LogP) is 1.97. The van der Waals surface area contributed by atoms with Gasteiger partial charge in [0.25, 0.3) is 0 Å². The van der Waals surface area contributed by atoms with Crippen LogP contribution in [0.3, 0.4) is 0 Å². The average molecular weight is 266 g/mol. The molecule has 4 heteroatoms. The highest BCUT2D eigenvalue weighted by Gasteiger charge is 2.36. The number of allylic oxidation sites excluding steroid dienone is 1. The molecule has 0 aromatic carbocycles. The molecule has 0 amide bonds. The second kappa shape index (κ2) is 7.06. The molecule has 4 nitrogen and oxygen atoms in total. The third-order valence-electron chi connectivity index (χ3n) is 4.49. The number of piperidine rings is 1. The predicted molar refractivity (Wildman–Crippen MR) is 76.3 cm³/mol. The van der Waals surface area contributed by atoms with E-state index in [0.29, 0.717) is 6.04 Å². The van der Waals surface area contributed by atoms with Gasteiger partial charge in [0.05, 0.1) is 0 Å². The van der Waals surface area contributed by atoms with Crippen LogP contribution in [-0.2, 0) is 4.79 Å². The average Bonchev–Trinajstić information content (AvgIpc) is 2.89. The standard InChI is InChI=1S/C15H26N2O2/c1-2-3-4-9-16-11-7-13(8-12-16)17-10-5-6-14(17)15(18)19/h2,13-14H,1,3-12H2,(H,18,19). The van der Waals surface area contributed by atoms with E-state index in [-0.39, 0.29) is 6.04 Å². The third-order valence-corrected chi connectivity index (χ3v) is 4.49. The number of likely N-dealkylation sites (tertiary alicyclic amines) is 2. The zero-order chi connectivity index (χ0) is 13.7. The van der Waals surface area contributed by atoms with Crippen LogP contribution >= 0.6 is 0 Å². The van der Waals surface area contributed by atoms with Crippen molar-refractivity contribution in [3.8, 4) is 0 Å². The Morgan fingerprint density at radius 2 is 2.00 bits per heavy atom. The van der Waals surface area contributed by atoms with E-state index in [1.54, 1.807) is 0 Å². The van der Waals surface area contributed by atoms with Crippen molar-refractivity contribution in [2.75, 3.05) is 26.2 Å². The second-order valence-electron chi connectivity index (χ2n) is 5.74. The Kier molecular flexibility index (Phi) is 5.40. The summed E-state index contributed by atoms with van der Waals surface area (Å²) in [5.41, 5.74) is 0. The van der Waals surface area contributed by atoms with Crippen molar-refractivity contribution < 1.29 is 9.90 Å². The van der Waals surface area contributed by atoms with Crippen molar-refractivity contribution >= 4 is 5.97 Å². The molecule has 2 fully saturated rings. The highest BCUT2D eigenvalue weighted by Crippen LogP contribution is 2.26. The van der Waals surface area contributed by atoms with Crippen LogP contribution in [0.2, 0.25) is 0 Å². The highest BCUT2D eigenvalue weighted by atomic mass is 16.4. The number of nitrogens with zero attached hydrogens (tertiary/aromatic N) is 2. The molecule has 2 saturated heterocycles. The Hall–Kier alpha value is -0.870. The number of carboxylic acid groups (broad SMARTS) is 1. The minimum absolute atomic E-state index is 0.225. The molecule has 19 heavy (non-hydrogen) atoms. The number of hydrogen-bond donors (Lipinski definition) is 1. The zero-order valence-corrected chi connectivity index (χ0v) is 11.8. The van der Waals surface area contributed by atoms with Gasteiger partial charge in [-0.1, -0.05) is 6.08 Å². The van der Waals surface area contributed by atoms with E-state index < -0.39 is 5.97 Å². The van der Waals surface area contributed by atoms with Crippen molar-refractivity contribution in [2.24, 2.45) is 0 Å². The Morgan fingerprint density at radius 3 is 2.63 bits per heavy atom. The molecule has 0 spiro atoms. The van der Waals surface area contributed by atoms with Gasteiger partial charge >= 0.3 is 5.97 Å². The van der Waals surface area contributed by atoms with Gasteiger partial charge in [-0.25, -0.2) is 0 Å². The van der Waals surface area contributed by atoms with Crippen molar-refractivity contribution in [1.82, 2.24) is 9.80 Å². The van der Waals surface area contributed by atoms with Crippen LogP contribution in [0.5, 0.6) is 0 Å². The molecule has 0 radical (unpaired) electrons. The molecule has 0 aromatic heterocycles. The first kappa shape index (κ1) is 14.5. The molecule has 1 N–H and O–H groups in total. The van der Waals surface area contributed by atoms with E-state index in [1.807, 2.05) is 6.08 Å². The maximum absolute atomic E-state index is 11.2. The van der Waals surface area contributed by atoms with Crippen LogP contribution in [0.1, 0.15) is 38.5 Å². The quantitative estimate of drug-likeness (QED) is 0.589. The van der Waals surface area contributed by atoms with Crippen LogP contribution in [0.4, 0.5) is 0 Å². The lowest BCUT2D eigenvalue weighted by atomic mass is 10.0. The summed E-state index contributed by atoms with van der Waals surface area (Å²) in [6.45, 7) is 8.11. The van der Waals surface area contributed by atoms with E-state index in [0.717, 1.165) is 58.3 Å². The zero-order valence-electron chi connectivity index (χ0n) is 11.8. The van der Waals surface area contributed by atoms with Gasteiger partial charge < -0.3 is 10.0 Å². The summed E-state index contributed by atoms with van der Waals surface area (Å²) in [6.07, 6.45) is 8.37. The molecule has 108 valence electrons. The lowest BCUT2D eigenvalue weighted by Gasteiger charge is -2.38. The topological polar surface area (TPSA) is 43.8 Å². The summed E-state index contributed by atoms with van der Waals surface area (Å²) in [5.74, 6) is -0.633. The lowest BCUT2D eigenvalue weighted by molar-refractivity contribution is -0.143. The van der Waals surface area contributed by atoms with Crippen LogP contribution in [0, 0.1) is 0 Å². The van der Waals surface area contributed by atoms with Gasteiger partial charge in [-0.05, 0) is 64.7 Å². The SMILES string of the molecule is C=CCCCN1CCC(N2CCCC2C(=O)O)CC1. The monoisotopic (exact) mass is 266 g/mol. The number of carbonyl (C=O) groups is 1. The third kappa shape index (κ3) is 3.80. The summed E-state index contributed by atoms with van der Waals surface area (Å²) in [6, 6.07) is 0.261. The number of aliphatic carboxylic acids is 1. The second-order valence-corrected chi connectivity index (χ2v) is 5.74. The minimum Gasteiger partial charge on any atom is -0.480 e. The summed E-state index contributed by atoms with van der Waals surface area (Å²) < 4.78 is 0. The van der Waals surface area contributed by atoms with Gasteiger partial charge in [0.1, 0.15) is 6.04 Å². The van der Waals surface area contributed by atoms with E-state index in [4.69, 9.17) is 0 Å². The van der Waals surface area contributed by atoms with Crippen LogP contribution in [0.15, 0.2) is 12.7 Å². The highest BCUT2D eigenvalue weighted by molar-refractivity contribution is 5.73. The molecule has 0 bridgehead atoms. The normalized spacial score (nSPS) is 26.6. The summed E-state index contributed by atoms with van der Waals surface area (Å²) in [5, 5.41) is 9.25. The van der Waals surface area contributed by atoms with Crippen LogP contribution in [0.25, 0.3) is 0 Å². The maximum atomic E-state index is 11.2. The van der Waals surface area contributed by atoms with Gasteiger partial charge in [0.15, 0.2) is 0 Å². The molecule has 1 atom stereocenters. The first-order valence-electron chi connectivity index (χ1n) is 7.54. The smallest absolute Gasteiger partial charge is 0.320 e. The van der Waals surface area contributed by atoms with E-state index in [2.05, 4.69) is 16.4 Å². The molecule has 0 aromatic rings. The van der Waals surface area contributed by atoms with E-state index in [9.17, 15) is 9.90 Å². The van der Waals surface area contributed by atoms with Crippen molar-refractivity contribution in [3.63, 3.8) is 0 Å². The lowest BCUT2D eigenvalue weighted by Crippen LogP contribution is -2.48. The molecular weight excluding hydrogens is 240 g/mol. The molecule has 1 unspecified atom stereocenters. The van der Waals surface area contributed by atoms with Gasteiger partial charge in [0.2, 0.25) is 0 Å². The Balaban J connectivity index is 1.76. The summed E-state index contributed by atoms with van der Waals surface area (Å²) >= 11 is 0. The van der Waals surface area contributed by atoms with Gasteiger partial charge in [-0.3, -0.25) is 9.69 Å². The van der Waals surface area contributed by atoms with Crippen LogP contribution in [-0.4, -0.2) is 59.1 Å². The minimum atomic E-state index is -0.633. The molecule has 2 aliphatic heterocycles. The Bertz CT molecular complexity index is 311. The Morgan fingerprint density at radius 1 is 1.26 bits per heavy atom. The molecule has 2 rings (SSSR count). The largest absolute Gasteiger partial charge is 0.480 e. The number of unbranched alkanes of at least 4 members (excludes halogenated alkanes) is 1. The fourth-order valence-corrected chi connectivity index (χ4v) is 3.43. The van der Waals surface area contributed by atoms with E-state index in [1.165, 1.54) is 6.42 Å². The van der Waals surface area contributed by atoms with Crippen molar-refractivity contribution in [3.05, 3.63) is 12.7 Å². The molecule has 2 aliphatic rings. The summed E-state index contributed by atoms with van der Waals surface area (Å²) in [4.78, 5) is 16.0. The Labute approximate surface area is 116 Å². The fourth-order valence-electron chi connectivity index (χ4n) is 3.43. The number of hydrogen-bond acceptors (Lipinski definition) is 3. The van der Waals surface area contributed by atoms with Gasteiger partial charge in [0, 0.05) is 6.04 Å². The first-order chi connectivity index (χ1) is 9.22. The maximum Gasteiger partial charge on any atom is 0.320 e. The van der Waals surface area contributed by atoms with Crippen molar-refractivity contribution in [2.45, 2.75) is 50.6 Å². The van der Waals surface area contributed by atoms with Crippen molar-refractivity contribution in [1.29, 1.82) is 0 Å². The number of rotatable bonds is 6. The molecule has 0 aliphatic carbocycles. The molecule has 2 heterocycles. The molecular formula is C15H26N2O2. The molecule has 0 saturated carbocycles. The fraction of sp³-hybridized carbons (Fsp3) is 0.800. The first-order valence-corrected chi connectivity index (χ1v) is 7.54. The van der Waals surface area contributed by atoms with Gasteiger partial charge in [-0.2, -0.15) is 0 Å². The van der Waals surface area contributed by atoms with Crippen LogP contribution < -0.4 is 0 Å². The summed E-state index contributed by atoms with van der Waals surface area (Å²) in [7, 11) is 0. The van der Waals surface area contributed by atoms with Gasteiger partial charge in [-0.15, -0.1) is 6.58 Å². The van der Waals surface area contributed by atoms with E-state index >= 15 is 0 Å².